The van der Waals surface area contributed by atoms with E-state index in [1.54, 1.807) is 22.3 Å². The third kappa shape index (κ3) is 2.69. The fraction of sp³-hybridized carbons (Fsp3) is 0.571. The van der Waals surface area contributed by atoms with Crippen LogP contribution in [-0.2, 0) is 15.9 Å². The standard InChI is InChI=1S/2C9H11.C3H6.2ClH.Zr/c2*1-2-5-9-7-3-6-8(9)4-1;1-3-2;;;/h2*3,6-7H,1-2,4-5H2;1H,3H2,2H3;2*1H;/q;;;;;+2/p-2. The average molecular weight is 443 g/mol. The van der Waals surface area contributed by atoms with Gasteiger partial charge >= 0.3 is 155 Å². The fourth-order valence-corrected chi connectivity index (χ4v) is 23.5. The first-order valence-electron chi connectivity index (χ1n) is 9.76. The summed E-state index contributed by atoms with van der Waals surface area (Å²) in [6.07, 6.45) is 20.6. The van der Waals surface area contributed by atoms with Crippen LogP contribution in [0.2, 0.25) is 7.25 Å². The summed E-state index contributed by atoms with van der Waals surface area (Å²) in [5.41, 5.74) is 6.30. The van der Waals surface area contributed by atoms with E-state index in [0.717, 1.165) is 6.42 Å². The quantitative estimate of drug-likeness (QED) is 0.421. The predicted octanol–water partition coefficient (Wildman–Crippen LogP) is 7.65. The van der Waals surface area contributed by atoms with Crippen LogP contribution in [0.25, 0.3) is 0 Å². The Morgan fingerprint density at radius 3 is 1.79 bits per heavy atom. The summed E-state index contributed by atoms with van der Waals surface area (Å²) in [4.78, 5) is 0. The molecule has 0 saturated carbocycles. The van der Waals surface area contributed by atoms with Crippen molar-refractivity contribution in [3.05, 3.63) is 46.6 Å². The maximum absolute atomic E-state index is 7.70. The van der Waals surface area contributed by atoms with Crippen molar-refractivity contribution in [1.82, 2.24) is 0 Å². The Hall–Kier alpha value is 0.293. The number of allylic oxidation sites excluding steroid dienone is 8. The van der Waals surface area contributed by atoms with Crippen LogP contribution in [-0.4, -0.2) is 3.71 Å². The van der Waals surface area contributed by atoms with Crippen molar-refractivity contribution < 1.29 is 15.9 Å². The molecule has 4 rings (SSSR count). The molecule has 0 N–H and O–H groups in total. The summed E-state index contributed by atoms with van der Waals surface area (Å²) < 4.78 is 3.06. The zero-order valence-corrected chi connectivity index (χ0v) is 18.6. The molecule has 3 heteroatoms. The second-order valence-corrected chi connectivity index (χ2v) is 29.2. The van der Waals surface area contributed by atoms with Gasteiger partial charge in [0.1, 0.15) is 0 Å². The molecule has 4 aliphatic rings. The first-order valence-corrected chi connectivity index (χ1v) is 20.3. The molecule has 130 valence electrons. The van der Waals surface area contributed by atoms with Crippen LogP contribution in [0.1, 0.15) is 64.7 Å². The Bertz CT molecular complexity index is 688. The molecule has 0 saturated heterocycles. The molecule has 4 aliphatic carbocycles. The molecule has 0 aromatic rings. The normalized spacial score (nSPS) is 30.0. The van der Waals surface area contributed by atoms with Crippen LogP contribution in [0.5, 0.6) is 0 Å². The van der Waals surface area contributed by atoms with Crippen LogP contribution in [0, 0.1) is 0 Å². The summed E-state index contributed by atoms with van der Waals surface area (Å²) in [6.45, 7) is 2.21. The second kappa shape index (κ2) is 6.47. The number of halogens is 2. The summed E-state index contributed by atoms with van der Waals surface area (Å²) in [7, 11) is 15.4. The van der Waals surface area contributed by atoms with E-state index in [1.165, 1.54) is 51.4 Å². The topological polar surface area (TPSA) is 0 Å². The molecular weight excluding hydrogens is 414 g/mol. The molecule has 2 unspecified atom stereocenters. The molecular formula is C21H28Cl2Zr. The SMILES string of the molecule is CC[CH]=[Zr]([Cl])([Cl])([CH]1C=CC2=C1CCCC2)[CH]1C=CC2=C1CCCC2. The molecule has 0 radical (unpaired) electrons. The van der Waals surface area contributed by atoms with Crippen molar-refractivity contribution in [3.8, 4) is 0 Å². The third-order valence-corrected chi connectivity index (χ3v) is 25.4. The van der Waals surface area contributed by atoms with E-state index in [4.69, 9.17) is 17.0 Å². The van der Waals surface area contributed by atoms with Crippen molar-refractivity contribution in [2.75, 3.05) is 0 Å². The van der Waals surface area contributed by atoms with Gasteiger partial charge in [0.05, 0.1) is 0 Å². The van der Waals surface area contributed by atoms with Gasteiger partial charge in [-0.3, -0.25) is 0 Å². The third-order valence-electron chi connectivity index (χ3n) is 6.62. The van der Waals surface area contributed by atoms with Gasteiger partial charge < -0.3 is 0 Å². The number of hydrogen-bond donors (Lipinski definition) is 0. The summed E-state index contributed by atoms with van der Waals surface area (Å²) in [5, 5.41) is 0. The van der Waals surface area contributed by atoms with E-state index in [9.17, 15) is 0 Å². The van der Waals surface area contributed by atoms with Gasteiger partial charge in [-0.1, -0.05) is 0 Å². The molecule has 0 fully saturated rings. The molecule has 0 aromatic heterocycles. The zero-order chi connectivity index (χ0) is 16.8. The van der Waals surface area contributed by atoms with E-state index in [-0.39, 0.29) is 0 Å². The van der Waals surface area contributed by atoms with Crippen LogP contribution in [0.3, 0.4) is 0 Å². The first kappa shape index (κ1) is 17.7. The molecule has 0 nitrogen and oxygen atoms in total. The molecule has 0 heterocycles. The zero-order valence-electron chi connectivity index (χ0n) is 14.7. The van der Waals surface area contributed by atoms with E-state index in [2.05, 4.69) is 34.9 Å². The Labute approximate surface area is 154 Å². The predicted molar refractivity (Wildman–Crippen MR) is 105 cm³/mol. The minimum absolute atomic E-state index is 0.327. The molecule has 24 heavy (non-hydrogen) atoms. The van der Waals surface area contributed by atoms with Crippen LogP contribution in [0.4, 0.5) is 0 Å². The fourth-order valence-electron chi connectivity index (χ4n) is 5.52. The van der Waals surface area contributed by atoms with Gasteiger partial charge in [-0.15, -0.1) is 0 Å². The van der Waals surface area contributed by atoms with Gasteiger partial charge in [0.15, 0.2) is 0 Å². The van der Waals surface area contributed by atoms with Crippen molar-refractivity contribution in [2.24, 2.45) is 0 Å². The molecule has 0 bridgehead atoms. The van der Waals surface area contributed by atoms with Crippen LogP contribution < -0.4 is 0 Å². The van der Waals surface area contributed by atoms with Gasteiger partial charge in [0.2, 0.25) is 0 Å². The van der Waals surface area contributed by atoms with Crippen molar-refractivity contribution >= 4 is 20.7 Å². The Morgan fingerprint density at radius 2 is 1.33 bits per heavy atom. The number of rotatable bonds is 3. The molecule has 2 atom stereocenters. The van der Waals surface area contributed by atoms with Gasteiger partial charge in [-0.05, 0) is 0 Å². The average Bonchev–Trinajstić information content (AvgIpc) is 3.20. The van der Waals surface area contributed by atoms with Gasteiger partial charge in [-0.25, -0.2) is 0 Å². The Morgan fingerprint density at radius 1 is 0.875 bits per heavy atom. The molecule has 0 aliphatic heterocycles. The molecule has 0 spiro atoms. The summed E-state index contributed by atoms with van der Waals surface area (Å²) >= 11 is -4.16. The monoisotopic (exact) mass is 440 g/mol. The van der Waals surface area contributed by atoms with Gasteiger partial charge in [0.25, 0.3) is 0 Å². The number of hydrogen-bond acceptors (Lipinski definition) is 0. The maximum atomic E-state index is 7.70. The first-order chi connectivity index (χ1) is 11.5. The van der Waals surface area contributed by atoms with Crippen LogP contribution >= 0.6 is 17.0 Å². The minimum atomic E-state index is -4.16. The van der Waals surface area contributed by atoms with Gasteiger partial charge in [-0.2, -0.15) is 0 Å². The van der Waals surface area contributed by atoms with E-state index in [1.807, 2.05) is 0 Å². The van der Waals surface area contributed by atoms with E-state index in [0.29, 0.717) is 7.25 Å². The van der Waals surface area contributed by atoms with Crippen molar-refractivity contribution in [1.29, 1.82) is 0 Å². The molecule has 0 aromatic carbocycles. The summed E-state index contributed by atoms with van der Waals surface area (Å²) in [5.74, 6) is 0. The van der Waals surface area contributed by atoms with Crippen LogP contribution in [0.15, 0.2) is 46.6 Å². The Balaban J connectivity index is 1.83. The van der Waals surface area contributed by atoms with E-state index >= 15 is 0 Å². The molecule has 0 amide bonds. The van der Waals surface area contributed by atoms with Gasteiger partial charge in [0, 0.05) is 0 Å². The van der Waals surface area contributed by atoms with E-state index < -0.39 is 15.9 Å². The Kier molecular flexibility index (Phi) is 4.77. The van der Waals surface area contributed by atoms with Crippen molar-refractivity contribution in [3.63, 3.8) is 0 Å². The second-order valence-electron chi connectivity index (χ2n) is 8.03. The van der Waals surface area contributed by atoms with Crippen molar-refractivity contribution in [2.45, 2.75) is 72.0 Å². The summed E-state index contributed by atoms with van der Waals surface area (Å²) in [6, 6.07) is 0.